The monoisotopic (exact) mass is 344 g/mol. The van der Waals surface area contributed by atoms with Crippen LogP contribution in [0, 0.1) is 0 Å². The van der Waals surface area contributed by atoms with Crippen molar-refractivity contribution in [3.8, 4) is 11.5 Å². The first-order valence-corrected chi connectivity index (χ1v) is 7.42. The fourth-order valence-corrected chi connectivity index (χ4v) is 1.66. The molecule has 6 nitrogen and oxygen atoms in total. The van der Waals surface area contributed by atoms with Crippen LogP contribution >= 0.6 is 0 Å². The Bertz CT molecular complexity index is 760. The number of benzene rings is 2. The average Bonchev–Trinajstić information content (AvgIpc) is 2.55. The van der Waals surface area contributed by atoms with Crippen LogP contribution in [0.4, 0.5) is 0 Å². The molecule has 0 spiro atoms. The van der Waals surface area contributed by atoms with Gasteiger partial charge in [-0.3, -0.25) is 0 Å². The number of hydrogen-bond acceptors (Lipinski definition) is 5. The van der Waals surface area contributed by atoms with Crippen molar-refractivity contribution in [1.82, 2.24) is 0 Å². The van der Waals surface area contributed by atoms with Gasteiger partial charge in [-0.2, -0.15) is 0 Å². The van der Waals surface area contributed by atoms with E-state index in [1.54, 1.807) is 30.3 Å². The molecular weight excluding hydrogens is 324 g/mol. The molecule has 0 atom stereocenters. The summed E-state index contributed by atoms with van der Waals surface area (Å²) in [5.74, 6) is -1.88. The highest BCUT2D eigenvalue weighted by Gasteiger charge is 2.10. The molecule has 0 saturated carbocycles. The van der Waals surface area contributed by atoms with Crippen molar-refractivity contribution < 1.29 is 29.6 Å². The number of allylic oxidation sites excluding steroid dienone is 1. The molecule has 0 aliphatic rings. The average molecular weight is 344 g/mol. The van der Waals surface area contributed by atoms with Crippen LogP contribution in [0.2, 0.25) is 0 Å². The maximum atomic E-state index is 11.4. The van der Waals surface area contributed by atoms with E-state index in [0.717, 1.165) is 5.57 Å². The Balaban J connectivity index is 0.000000271. The molecule has 25 heavy (non-hydrogen) atoms. The van der Waals surface area contributed by atoms with E-state index in [-0.39, 0.29) is 29.2 Å². The summed E-state index contributed by atoms with van der Waals surface area (Å²) in [6, 6.07) is 12.1. The number of aromatic carboxylic acids is 1. The molecule has 132 valence electrons. The van der Waals surface area contributed by atoms with E-state index >= 15 is 0 Å². The van der Waals surface area contributed by atoms with E-state index < -0.39 is 11.9 Å². The maximum absolute atomic E-state index is 11.4. The second-order valence-electron chi connectivity index (χ2n) is 5.22. The number of rotatable bonds is 4. The van der Waals surface area contributed by atoms with Gasteiger partial charge in [-0.05, 0) is 44.2 Å². The molecule has 0 radical (unpaired) electrons. The van der Waals surface area contributed by atoms with E-state index in [4.69, 9.17) is 14.9 Å². The van der Waals surface area contributed by atoms with Crippen molar-refractivity contribution in [2.24, 2.45) is 0 Å². The molecular formula is C19H20O6. The number of carboxylic acids is 1. The molecule has 6 heteroatoms. The number of phenolic OH excluding ortho intramolecular Hbond substituents is 1. The van der Waals surface area contributed by atoms with E-state index in [1.165, 1.54) is 24.3 Å². The second kappa shape index (κ2) is 9.77. The predicted octanol–water partition coefficient (Wildman–Crippen LogP) is 3.61. The van der Waals surface area contributed by atoms with Gasteiger partial charge in [0.15, 0.2) is 0 Å². The van der Waals surface area contributed by atoms with Gasteiger partial charge in [0.25, 0.3) is 0 Å². The van der Waals surface area contributed by atoms with Crippen LogP contribution in [0.5, 0.6) is 11.5 Å². The van der Waals surface area contributed by atoms with Crippen molar-refractivity contribution in [2.75, 3.05) is 6.61 Å². The third-order valence-electron chi connectivity index (χ3n) is 2.96. The molecule has 0 aliphatic heterocycles. The number of carboxylic acid groups (broad SMARTS) is 1. The number of phenols is 2. The van der Waals surface area contributed by atoms with Gasteiger partial charge in [-0.25, -0.2) is 9.59 Å². The zero-order chi connectivity index (χ0) is 18.8. The minimum absolute atomic E-state index is 0.0558. The van der Waals surface area contributed by atoms with E-state index in [9.17, 15) is 14.7 Å². The lowest BCUT2D eigenvalue weighted by molar-refractivity contribution is 0.0545. The Morgan fingerprint density at radius 2 is 1.40 bits per heavy atom. The van der Waals surface area contributed by atoms with Crippen LogP contribution in [0.3, 0.4) is 0 Å². The molecule has 2 rings (SSSR count). The van der Waals surface area contributed by atoms with Crippen LogP contribution in [0.25, 0.3) is 0 Å². The first-order valence-electron chi connectivity index (χ1n) is 7.42. The normalized spacial score (nSPS) is 9.36. The molecule has 0 aliphatic carbocycles. The lowest BCUT2D eigenvalue weighted by Crippen LogP contribution is -2.05. The van der Waals surface area contributed by atoms with Crippen LogP contribution in [0.1, 0.15) is 34.6 Å². The second-order valence-corrected chi connectivity index (χ2v) is 5.22. The van der Waals surface area contributed by atoms with Crippen LogP contribution in [-0.4, -0.2) is 33.9 Å². The van der Waals surface area contributed by atoms with Crippen molar-refractivity contribution in [3.63, 3.8) is 0 Å². The summed E-state index contributed by atoms with van der Waals surface area (Å²) in [7, 11) is 0. The molecule has 2 aromatic rings. The van der Waals surface area contributed by atoms with Gasteiger partial charge < -0.3 is 20.1 Å². The molecule has 0 saturated heterocycles. The molecule has 0 amide bonds. The van der Waals surface area contributed by atoms with Crippen molar-refractivity contribution >= 4 is 11.9 Å². The van der Waals surface area contributed by atoms with Gasteiger partial charge in [0.1, 0.15) is 29.2 Å². The summed E-state index contributed by atoms with van der Waals surface area (Å²) >= 11 is 0. The van der Waals surface area contributed by atoms with Gasteiger partial charge in [-0.1, -0.05) is 29.8 Å². The standard InChI is InChI=1S/C12H14O3.C7H6O3/c1-9(2)7-8-15-12(14)10-5-3-4-6-11(10)13;8-6-4-2-1-3-5(6)7(9)10/h3-7,13H,8H2,1-2H3;1-4,8H,(H,9,10). The summed E-state index contributed by atoms with van der Waals surface area (Å²) in [6.45, 7) is 4.08. The number of carbonyl (C=O) groups excluding carboxylic acids is 1. The largest absolute Gasteiger partial charge is 0.507 e. The Morgan fingerprint density at radius 3 is 1.80 bits per heavy atom. The van der Waals surface area contributed by atoms with E-state index in [1.807, 2.05) is 13.8 Å². The fourth-order valence-electron chi connectivity index (χ4n) is 1.66. The van der Waals surface area contributed by atoms with Crippen molar-refractivity contribution in [1.29, 1.82) is 0 Å². The minimum Gasteiger partial charge on any atom is -0.507 e. The highest BCUT2D eigenvalue weighted by molar-refractivity contribution is 5.92. The lowest BCUT2D eigenvalue weighted by Gasteiger charge is -2.03. The molecule has 0 aromatic heterocycles. The van der Waals surface area contributed by atoms with E-state index in [2.05, 4.69) is 0 Å². The van der Waals surface area contributed by atoms with Crippen LogP contribution in [-0.2, 0) is 4.74 Å². The quantitative estimate of drug-likeness (QED) is 0.578. The van der Waals surface area contributed by atoms with Crippen LogP contribution in [0.15, 0.2) is 60.2 Å². The SMILES string of the molecule is CC(C)=CCOC(=O)c1ccccc1O.O=C(O)c1ccccc1O. The fraction of sp³-hybridized carbons (Fsp3) is 0.158. The minimum atomic E-state index is -1.11. The highest BCUT2D eigenvalue weighted by Crippen LogP contribution is 2.16. The van der Waals surface area contributed by atoms with Gasteiger partial charge in [-0.15, -0.1) is 0 Å². The molecule has 2 aromatic carbocycles. The zero-order valence-electron chi connectivity index (χ0n) is 14.0. The third kappa shape index (κ3) is 6.78. The van der Waals surface area contributed by atoms with Crippen molar-refractivity contribution in [2.45, 2.75) is 13.8 Å². The highest BCUT2D eigenvalue weighted by atomic mass is 16.5. The molecule has 0 unspecified atom stereocenters. The zero-order valence-corrected chi connectivity index (χ0v) is 14.0. The lowest BCUT2D eigenvalue weighted by atomic mass is 10.2. The first kappa shape index (κ1) is 19.8. The van der Waals surface area contributed by atoms with E-state index in [0.29, 0.717) is 0 Å². The molecule has 3 N–H and O–H groups in total. The Labute approximate surface area is 145 Å². The number of ether oxygens (including phenoxy) is 1. The number of hydrogen-bond donors (Lipinski definition) is 3. The Kier molecular flexibility index (Phi) is 7.72. The molecule has 0 heterocycles. The molecule has 0 bridgehead atoms. The number of esters is 1. The predicted molar refractivity (Wildman–Crippen MR) is 92.9 cm³/mol. The first-order chi connectivity index (χ1) is 11.8. The van der Waals surface area contributed by atoms with Crippen LogP contribution < -0.4 is 0 Å². The number of carbonyl (C=O) groups is 2. The summed E-state index contributed by atoms with van der Waals surface area (Å²) in [6.07, 6.45) is 1.80. The van der Waals surface area contributed by atoms with Gasteiger partial charge in [0.2, 0.25) is 0 Å². The summed E-state index contributed by atoms with van der Waals surface area (Å²) in [5.41, 5.74) is 1.21. The Hall–Kier alpha value is -3.28. The smallest absolute Gasteiger partial charge is 0.342 e. The number of aromatic hydroxyl groups is 2. The summed E-state index contributed by atoms with van der Waals surface area (Å²) < 4.78 is 4.94. The number of para-hydroxylation sites is 2. The van der Waals surface area contributed by atoms with Gasteiger partial charge >= 0.3 is 11.9 Å². The third-order valence-corrected chi connectivity index (χ3v) is 2.96. The maximum Gasteiger partial charge on any atom is 0.342 e. The summed E-state index contributed by atoms with van der Waals surface area (Å²) in [4.78, 5) is 21.7. The summed E-state index contributed by atoms with van der Waals surface area (Å²) in [5, 5.41) is 26.7. The topological polar surface area (TPSA) is 104 Å². The molecule has 0 fully saturated rings. The van der Waals surface area contributed by atoms with Gasteiger partial charge in [0.05, 0.1) is 0 Å². The van der Waals surface area contributed by atoms with Gasteiger partial charge in [0, 0.05) is 0 Å². The van der Waals surface area contributed by atoms with Crippen molar-refractivity contribution in [3.05, 3.63) is 71.3 Å². The Morgan fingerprint density at radius 1 is 0.920 bits per heavy atom.